The van der Waals surface area contributed by atoms with Gasteiger partial charge in [0.1, 0.15) is 0 Å². The number of aryl methyl sites for hydroxylation is 1. The van der Waals surface area contributed by atoms with Crippen molar-refractivity contribution in [1.82, 2.24) is 5.32 Å². The first kappa shape index (κ1) is 14.2. The van der Waals surface area contributed by atoms with Crippen LogP contribution in [0.15, 0.2) is 23.1 Å². The smallest absolute Gasteiger partial charge is 0.251 e. The molecule has 0 aliphatic carbocycles. The number of nitrogens with one attached hydrogen (secondary N) is 1. The van der Waals surface area contributed by atoms with Crippen LogP contribution in [0.2, 0.25) is 0 Å². The molecule has 0 atom stereocenters. The van der Waals surface area contributed by atoms with Gasteiger partial charge in [0.2, 0.25) is 10.0 Å². The molecule has 5 nitrogen and oxygen atoms in total. The van der Waals surface area contributed by atoms with E-state index in [1.165, 1.54) is 18.2 Å². The highest BCUT2D eigenvalue weighted by Crippen LogP contribution is 2.14. The summed E-state index contributed by atoms with van der Waals surface area (Å²) in [5.74, 6) is 2.12. The Morgan fingerprint density at radius 2 is 2.17 bits per heavy atom. The molecule has 1 aromatic carbocycles. The van der Waals surface area contributed by atoms with Crippen LogP contribution in [0, 0.1) is 19.3 Å². The molecule has 0 aliphatic rings. The van der Waals surface area contributed by atoms with Gasteiger partial charge in [-0.25, -0.2) is 13.6 Å². The van der Waals surface area contributed by atoms with Crippen molar-refractivity contribution in [1.29, 1.82) is 0 Å². The number of carbonyl (C=O) groups excluding carboxylic acids is 1. The quantitative estimate of drug-likeness (QED) is 0.610. The maximum atomic E-state index is 11.7. The molecule has 0 unspecified atom stereocenters. The van der Waals surface area contributed by atoms with Crippen molar-refractivity contribution in [3.63, 3.8) is 0 Å². The van der Waals surface area contributed by atoms with E-state index in [0.717, 1.165) is 0 Å². The Bertz CT molecular complexity index is 600. The fourth-order valence-electron chi connectivity index (χ4n) is 1.41. The minimum Gasteiger partial charge on any atom is -0.351 e. The van der Waals surface area contributed by atoms with Crippen LogP contribution in [0.1, 0.15) is 22.3 Å². The molecule has 0 aromatic heterocycles. The van der Waals surface area contributed by atoms with Gasteiger partial charge in [0.15, 0.2) is 0 Å². The molecule has 0 bridgehead atoms. The molecule has 0 radical (unpaired) electrons. The normalized spacial score (nSPS) is 10.7. The molecule has 6 heteroatoms. The fourth-order valence-corrected chi connectivity index (χ4v) is 2.01. The van der Waals surface area contributed by atoms with Gasteiger partial charge in [0.25, 0.3) is 5.91 Å². The highest BCUT2D eigenvalue weighted by molar-refractivity contribution is 7.89. The number of amides is 1. The molecule has 1 amide bonds. The lowest BCUT2D eigenvalue weighted by Gasteiger charge is -2.07. The van der Waals surface area contributed by atoms with Gasteiger partial charge >= 0.3 is 0 Å². The van der Waals surface area contributed by atoms with Crippen LogP contribution in [0.3, 0.4) is 0 Å². The van der Waals surface area contributed by atoms with E-state index in [-0.39, 0.29) is 10.8 Å². The van der Waals surface area contributed by atoms with Crippen LogP contribution < -0.4 is 10.5 Å². The maximum Gasteiger partial charge on any atom is 0.251 e. The summed E-state index contributed by atoms with van der Waals surface area (Å²) in [5.41, 5.74) is 0.944. The number of hydrogen-bond acceptors (Lipinski definition) is 3. The number of carbonyl (C=O) groups is 1. The molecular weight excluding hydrogens is 252 g/mol. The van der Waals surface area contributed by atoms with E-state index in [1.54, 1.807) is 6.92 Å². The van der Waals surface area contributed by atoms with Crippen LogP contribution in [0.25, 0.3) is 0 Å². The van der Waals surface area contributed by atoms with Gasteiger partial charge in [-0.3, -0.25) is 4.79 Å². The van der Waals surface area contributed by atoms with E-state index in [1.807, 2.05) is 0 Å². The minimum atomic E-state index is -3.75. The summed E-state index contributed by atoms with van der Waals surface area (Å²) >= 11 is 0. The zero-order chi connectivity index (χ0) is 13.8. The Morgan fingerprint density at radius 3 is 2.67 bits per heavy atom. The first-order chi connectivity index (χ1) is 8.36. The molecule has 1 aromatic rings. The number of hydrogen-bond donors (Lipinski definition) is 2. The third kappa shape index (κ3) is 3.58. The Labute approximate surface area is 106 Å². The molecule has 0 saturated carbocycles. The van der Waals surface area contributed by atoms with Crippen LogP contribution in [0.4, 0.5) is 0 Å². The van der Waals surface area contributed by atoms with Gasteiger partial charge in [0, 0.05) is 18.5 Å². The van der Waals surface area contributed by atoms with E-state index < -0.39 is 10.0 Å². The lowest BCUT2D eigenvalue weighted by Crippen LogP contribution is -2.25. The second-order valence-electron chi connectivity index (χ2n) is 3.73. The van der Waals surface area contributed by atoms with Crippen LogP contribution in [0.5, 0.6) is 0 Å². The van der Waals surface area contributed by atoms with Crippen molar-refractivity contribution in [2.45, 2.75) is 18.2 Å². The Balaban J connectivity index is 2.93. The molecule has 3 N–H and O–H groups in total. The lowest BCUT2D eigenvalue weighted by atomic mass is 10.1. The van der Waals surface area contributed by atoms with Gasteiger partial charge < -0.3 is 5.32 Å². The summed E-state index contributed by atoms with van der Waals surface area (Å²) in [6.07, 6.45) is 5.51. The summed E-state index contributed by atoms with van der Waals surface area (Å²) in [7, 11) is -3.75. The minimum absolute atomic E-state index is 0.0137. The molecule has 0 saturated heterocycles. The van der Waals surface area contributed by atoms with E-state index >= 15 is 0 Å². The summed E-state index contributed by atoms with van der Waals surface area (Å²) in [6.45, 7) is 2.02. The summed E-state index contributed by atoms with van der Waals surface area (Å²) in [5, 5.41) is 7.64. The predicted octanol–water partition coefficient (Wildman–Crippen LogP) is 0.396. The first-order valence-electron chi connectivity index (χ1n) is 5.21. The van der Waals surface area contributed by atoms with Crippen LogP contribution in [-0.4, -0.2) is 20.9 Å². The molecule has 0 spiro atoms. The highest BCUT2D eigenvalue weighted by atomic mass is 32.2. The molecular formula is C12H14N2O3S. The van der Waals surface area contributed by atoms with Crippen molar-refractivity contribution in [2.24, 2.45) is 5.14 Å². The predicted molar refractivity (Wildman–Crippen MR) is 68.3 cm³/mol. The summed E-state index contributed by atoms with van der Waals surface area (Å²) in [4.78, 5) is 11.7. The van der Waals surface area contributed by atoms with Crippen LogP contribution >= 0.6 is 0 Å². The summed E-state index contributed by atoms with van der Waals surface area (Å²) in [6, 6.07) is 4.10. The Morgan fingerprint density at radius 1 is 1.50 bits per heavy atom. The average Bonchev–Trinajstić information content (AvgIpc) is 2.27. The second-order valence-corrected chi connectivity index (χ2v) is 5.29. The van der Waals surface area contributed by atoms with Crippen molar-refractivity contribution >= 4 is 15.9 Å². The van der Waals surface area contributed by atoms with E-state index in [2.05, 4.69) is 11.2 Å². The first-order valence-corrected chi connectivity index (χ1v) is 6.76. The monoisotopic (exact) mass is 266 g/mol. The maximum absolute atomic E-state index is 11.7. The third-order valence-electron chi connectivity index (χ3n) is 2.33. The van der Waals surface area contributed by atoms with Crippen molar-refractivity contribution < 1.29 is 13.2 Å². The van der Waals surface area contributed by atoms with E-state index in [0.29, 0.717) is 24.1 Å². The lowest BCUT2D eigenvalue weighted by molar-refractivity contribution is 0.0954. The van der Waals surface area contributed by atoms with Crippen molar-refractivity contribution in [3.05, 3.63) is 29.3 Å². The third-order valence-corrected chi connectivity index (χ3v) is 3.24. The SMILES string of the molecule is C#CCCNC(=O)c1ccc(S(N)(=O)=O)cc1C. The number of primary sulfonamides is 1. The number of sulfonamides is 1. The number of rotatable bonds is 4. The van der Waals surface area contributed by atoms with E-state index in [9.17, 15) is 13.2 Å². The molecule has 96 valence electrons. The Kier molecular flexibility index (Phi) is 4.48. The average molecular weight is 266 g/mol. The number of benzene rings is 1. The topological polar surface area (TPSA) is 89.3 Å². The highest BCUT2D eigenvalue weighted by Gasteiger charge is 2.13. The largest absolute Gasteiger partial charge is 0.351 e. The Hall–Kier alpha value is -1.84. The summed E-state index contributed by atoms with van der Waals surface area (Å²) < 4.78 is 22.3. The standard InChI is InChI=1S/C12H14N2O3S/c1-3-4-7-14-12(15)11-6-5-10(8-9(11)2)18(13,16)17/h1,5-6,8H,4,7H2,2H3,(H,14,15)(H2,13,16,17). The van der Waals surface area contributed by atoms with Gasteiger partial charge in [0.05, 0.1) is 4.90 Å². The van der Waals surface area contributed by atoms with Crippen molar-refractivity contribution in [3.8, 4) is 12.3 Å². The van der Waals surface area contributed by atoms with Gasteiger partial charge in [-0.15, -0.1) is 12.3 Å². The van der Waals surface area contributed by atoms with Gasteiger partial charge in [-0.1, -0.05) is 0 Å². The molecule has 18 heavy (non-hydrogen) atoms. The zero-order valence-corrected chi connectivity index (χ0v) is 10.8. The van der Waals surface area contributed by atoms with Gasteiger partial charge in [-0.2, -0.15) is 0 Å². The second kappa shape index (κ2) is 5.67. The zero-order valence-electron chi connectivity index (χ0n) is 9.93. The number of terminal acetylenes is 1. The number of nitrogens with two attached hydrogens (primary N) is 1. The molecule has 0 aliphatic heterocycles. The fraction of sp³-hybridized carbons (Fsp3) is 0.250. The van der Waals surface area contributed by atoms with E-state index in [4.69, 9.17) is 11.6 Å². The van der Waals surface area contributed by atoms with Gasteiger partial charge in [-0.05, 0) is 30.7 Å². The molecule has 0 heterocycles. The molecule has 0 fully saturated rings. The van der Waals surface area contributed by atoms with Crippen molar-refractivity contribution in [2.75, 3.05) is 6.54 Å². The van der Waals surface area contributed by atoms with Crippen LogP contribution in [-0.2, 0) is 10.0 Å². The molecule has 1 rings (SSSR count).